The van der Waals surface area contributed by atoms with Crippen LogP contribution in [0.15, 0.2) is 53.3 Å². The molecule has 138 valence electrons. The molecule has 0 bridgehead atoms. The summed E-state index contributed by atoms with van der Waals surface area (Å²) in [5.41, 5.74) is 0.807. The van der Waals surface area contributed by atoms with Crippen molar-refractivity contribution in [3.05, 3.63) is 64.4 Å². The van der Waals surface area contributed by atoms with Crippen LogP contribution < -0.4 is 10.9 Å². The Morgan fingerprint density at radius 3 is 2.74 bits per heavy atom. The number of hydrogen-bond acceptors (Lipinski definition) is 6. The Morgan fingerprint density at radius 1 is 1.19 bits per heavy atom. The van der Waals surface area contributed by atoms with Gasteiger partial charge in [0, 0.05) is 5.69 Å². The number of carbonyl (C=O) groups is 2. The summed E-state index contributed by atoms with van der Waals surface area (Å²) in [5, 5.41) is 10.9. The average Bonchev–Trinajstić information content (AvgIpc) is 2.68. The van der Waals surface area contributed by atoms with E-state index >= 15 is 0 Å². The standard InChI is InChI=1S/C19H18N4O4/c1-3-27-19(26)13-7-6-8-14(11-13)20-17(24)12(2)23-18(25)15-9-4-5-10-16(15)21-22-23/h4-12H,3H2,1-2H3,(H,20,24)/t12-/m0/s1. The highest BCUT2D eigenvalue weighted by molar-refractivity contribution is 5.96. The molecule has 27 heavy (non-hydrogen) atoms. The maximum absolute atomic E-state index is 12.6. The van der Waals surface area contributed by atoms with Gasteiger partial charge in [0.2, 0.25) is 5.91 Å². The molecule has 8 heteroatoms. The fourth-order valence-electron chi connectivity index (χ4n) is 2.55. The predicted octanol–water partition coefficient (Wildman–Crippen LogP) is 2.17. The van der Waals surface area contributed by atoms with Crippen molar-refractivity contribution in [3.8, 4) is 0 Å². The molecule has 8 nitrogen and oxygen atoms in total. The Morgan fingerprint density at radius 2 is 1.96 bits per heavy atom. The molecule has 0 aliphatic carbocycles. The number of nitrogens with zero attached hydrogens (tertiary/aromatic N) is 3. The van der Waals surface area contributed by atoms with Gasteiger partial charge in [0.05, 0.1) is 17.6 Å². The molecule has 3 aromatic rings. The summed E-state index contributed by atoms with van der Waals surface area (Å²) in [4.78, 5) is 36.9. The van der Waals surface area contributed by atoms with Crippen molar-refractivity contribution < 1.29 is 14.3 Å². The monoisotopic (exact) mass is 366 g/mol. The minimum atomic E-state index is -0.888. The number of anilines is 1. The molecular weight excluding hydrogens is 348 g/mol. The van der Waals surface area contributed by atoms with E-state index in [-0.39, 0.29) is 6.61 Å². The molecule has 1 amide bonds. The number of hydrogen-bond donors (Lipinski definition) is 1. The zero-order valence-electron chi connectivity index (χ0n) is 14.9. The van der Waals surface area contributed by atoms with E-state index in [4.69, 9.17) is 4.74 Å². The number of esters is 1. The van der Waals surface area contributed by atoms with Gasteiger partial charge in [-0.25, -0.2) is 4.79 Å². The molecule has 0 radical (unpaired) electrons. The van der Waals surface area contributed by atoms with Crippen molar-refractivity contribution >= 4 is 28.5 Å². The highest BCUT2D eigenvalue weighted by Crippen LogP contribution is 2.14. The third-order valence-corrected chi connectivity index (χ3v) is 3.98. The minimum absolute atomic E-state index is 0.260. The second kappa shape index (κ2) is 7.77. The van der Waals surface area contributed by atoms with Crippen LogP contribution in [0.3, 0.4) is 0 Å². The Labute approximate surface area is 154 Å². The Hall–Kier alpha value is -3.55. The number of carbonyl (C=O) groups excluding carboxylic acids is 2. The fourth-order valence-corrected chi connectivity index (χ4v) is 2.55. The van der Waals surface area contributed by atoms with Gasteiger partial charge in [-0.2, -0.15) is 4.68 Å². The summed E-state index contributed by atoms with van der Waals surface area (Å²) in [5.74, 6) is -0.930. The third-order valence-electron chi connectivity index (χ3n) is 3.98. The number of amides is 1. The lowest BCUT2D eigenvalue weighted by molar-refractivity contribution is -0.119. The summed E-state index contributed by atoms with van der Waals surface area (Å²) in [6.07, 6.45) is 0. The first-order valence-electron chi connectivity index (χ1n) is 8.43. The molecule has 0 unspecified atom stereocenters. The molecular formula is C19H18N4O4. The number of aromatic nitrogens is 3. The van der Waals surface area contributed by atoms with Gasteiger partial charge in [-0.3, -0.25) is 9.59 Å². The van der Waals surface area contributed by atoms with Crippen LogP contribution in [0.25, 0.3) is 10.9 Å². The molecule has 1 atom stereocenters. The van der Waals surface area contributed by atoms with Crippen LogP contribution in [-0.4, -0.2) is 33.5 Å². The molecule has 2 aromatic carbocycles. The summed E-state index contributed by atoms with van der Waals surface area (Å²) in [6, 6.07) is 12.3. The second-order valence-electron chi connectivity index (χ2n) is 5.82. The third kappa shape index (κ3) is 3.84. The SMILES string of the molecule is CCOC(=O)c1cccc(NC(=O)[C@H](C)n2nnc3ccccc3c2=O)c1. The zero-order chi connectivity index (χ0) is 19.4. The van der Waals surface area contributed by atoms with E-state index in [0.717, 1.165) is 4.68 Å². The predicted molar refractivity (Wildman–Crippen MR) is 99.5 cm³/mol. The van der Waals surface area contributed by atoms with E-state index < -0.39 is 23.5 Å². The van der Waals surface area contributed by atoms with E-state index in [0.29, 0.717) is 22.2 Å². The highest BCUT2D eigenvalue weighted by atomic mass is 16.5. The van der Waals surface area contributed by atoms with Gasteiger partial charge in [0.25, 0.3) is 5.56 Å². The van der Waals surface area contributed by atoms with Crippen molar-refractivity contribution in [3.63, 3.8) is 0 Å². The zero-order valence-corrected chi connectivity index (χ0v) is 14.9. The molecule has 3 rings (SSSR count). The maximum Gasteiger partial charge on any atom is 0.338 e. The van der Waals surface area contributed by atoms with Crippen LogP contribution in [0, 0.1) is 0 Å². The molecule has 0 aliphatic heterocycles. The van der Waals surface area contributed by atoms with E-state index in [9.17, 15) is 14.4 Å². The van der Waals surface area contributed by atoms with E-state index in [2.05, 4.69) is 15.6 Å². The summed E-state index contributed by atoms with van der Waals surface area (Å²) >= 11 is 0. The first-order valence-corrected chi connectivity index (χ1v) is 8.43. The van der Waals surface area contributed by atoms with Gasteiger partial charge in [-0.1, -0.05) is 23.4 Å². The Balaban J connectivity index is 1.83. The minimum Gasteiger partial charge on any atom is -0.462 e. The van der Waals surface area contributed by atoms with Crippen molar-refractivity contribution in [1.82, 2.24) is 15.0 Å². The molecule has 1 heterocycles. The lowest BCUT2D eigenvalue weighted by atomic mass is 10.2. The number of ether oxygens (including phenoxy) is 1. The van der Waals surface area contributed by atoms with Crippen molar-refractivity contribution in [2.75, 3.05) is 11.9 Å². The molecule has 0 fully saturated rings. The number of benzene rings is 2. The van der Waals surface area contributed by atoms with E-state index in [1.165, 1.54) is 6.07 Å². The van der Waals surface area contributed by atoms with Crippen LogP contribution in [-0.2, 0) is 9.53 Å². The van der Waals surface area contributed by atoms with Crippen LogP contribution in [0.5, 0.6) is 0 Å². The van der Waals surface area contributed by atoms with Crippen LogP contribution >= 0.6 is 0 Å². The van der Waals surface area contributed by atoms with Gasteiger partial charge in [-0.05, 0) is 44.2 Å². The molecule has 1 N–H and O–H groups in total. The van der Waals surface area contributed by atoms with Gasteiger partial charge < -0.3 is 10.1 Å². The average molecular weight is 366 g/mol. The second-order valence-corrected chi connectivity index (χ2v) is 5.82. The summed E-state index contributed by atoms with van der Waals surface area (Å²) in [7, 11) is 0. The number of nitrogens with one attached hydrogen (secondary N) is 1. The Kier molecular flexibility index (Phi) is 5.25. The molecule has 1 aromatic heterocycles. The molecule has 0 saturated heterocycles. The molecule has 0 aliphatic rings. The van der Waals surface area contributed by atoms with E-state index in [1.807, 2.05) is 0 Å². The largest absolute Gasteiger partial charge is 0.462 e. The van der Waals surface area contributed by atoms with Crippen molar-refractivity contribution in [2.45, 2.75) is 19.9 Å². The quantitative estimate of drug-likeness (QED) is 0.694. The lowest BCUT2D eigenvalue weighted by Gasteiger charge is -2.14. The van der Waals surface area contributed by atoms with Crippen LogP contribution in [0.4, 0.5) is 5.69 Å². The maximum atomic E-state index is 12.6. The fraction of sp³-hybridized carbons (Fsp3) is 0.211. The van der Waals surface area contributed by atoms with Crippen molar-refractivity contribution in [1.29, 1.82) is 0 Å². The topological polar surface area (TPSA) is 103 Å². The van der Waals surface area contributed by atoms with Gasteiger partial charge in [0.1, 0.15) is 11.6 Å². The first kappa shape index (κ1) is 18.2. The smallest absolute Gasteiger partial charge is 0.338 e. The lowest BCUT2D eigenvalue weighted by Crippen LogP contribution is -2.34. The van der Waals surface area contributed by atoms with Gasteiger partial charge in [0.15, 0.2) is 0 Å². The van der Waals surface area contributed by atoms with Crippen LogP contribution in [0.2, 0.25) is 0 Å². The molecule has 0 spiro atoms. The normalized spacial score (nSPS) is 11.8. The summed E-state index contributed by atoms with van der Waals surface area (Å²) in [6.45, 7) is 3.53. The number of rotatable bonds is 5. The summed E-state index contributed by atoms with van der Waals surface area (Å²) < 4.78 is 5.98. The first-order chi connectivity index (χ1) is 13.0. The van der Waals surface area contributed by atoms with Gasteiger partial charge in [-0.15, -0.1) is 5.10 Å². The Bertz CT molecular complexity index is 1060. The number of fused-ring (bicyclic) bond motifs is 1. The highest BCUT2D eigenvalue weighted by Gasteiger charge is 2.19. The van der Waals surface area contributed by atoms with Gasteiger partial charge >= 0.3 is 5.97 Å². The van der Waals surface area contributed by atoms with E-state index in [1.54, 1.807) is 56.3 Å². The van der Waals surface area contributed by atoms with Crippen LogP contribution in [0.1, 0.15) is 30.2 Å². The van der Waals surface area contributed by atoms with Crippen molar-refractivity contribution in [2.24, 2.45) is 0 Å². The molecule has 0 saturated carbocycles.